The second-order valence-corrected chi connectivity index (χ2v) is 4.44. The first kappa shape index (κ1) is 14.9. The van der Waals surface area contributed by atoms with E-state index in [-0.39, 0.29) is 29.7 Å². The second kappa shape index (κ2) is 6.12. The molecule has 1 heterocycles. The Morgan fingerprint density at radius 2 is 2.21 bits per heavy atom. The Hall–Kier alpha value is -2.18. The Kier molecular flexibility index (Phi) is 4.80. The van der Waals surface area contributed by atoms with Gasteiger partial charge in [0, 0.05) is 17.7 Å². The van der Waals surface area contributed by atoms with Crippen LogP contribution >= 0.6 is 0 Å². The summed E-state index contributed by atoms with van der Waals surface area (Å²) >= 11 is 0. The third kappa shape index (κ3) is 3.90. The van der Waals surface area contributed by atoms with Gasteiger partial charge in [-0.15, -0.1) is 0 Å². The molecule has 1 atom stereocenters. The van der Waals surface area contributed by atoms with Gasteiger partial charge in [0.15, 0.2) is 0 Å². The first-order chi connectivity index (χ1) is 8.85. The number of pyridine rings is 1. The van der Waals surface area contributed by atoms with Crippen molar-refractivity contribution in [2.45, 2.75) is 39.8 Å². The number of aromatic nitrogens is 1. The van der Waals surface area contributed by atoms with Gasteiger partial charge in [-0.25, -0.2) is 0 Å². The normalized spacial score (nSPS) is 11.9. The molecule has 1 N–H and O–H groups in total. The summed E-state index contributed by atoms with van der Waals surface area (Å²) in [5.41, 5.74) is -0.313. The fourth-order valence-electron chi connectivity index (χ4n) is 1.55. The molecule has 0 saturated heterocycles. The maximum atomic E-state index is 11.7. The molecule has 1 aromatic rings. The molecule has 0 aliphatic rings. The predicted octanol–water partition coefficient (Wildman–Crippen LogP) is 0.980. The van der Waals surface area contributed by atoms with E-state index in [4.69, 9.17) is 0 Å². The van der Waals surface area contributed by atoms with E-state index in [1.807, 2.05) is 13.8 Å². The van der Waals surface area contributed by atoms with Gasteiger partial charge in [-0.1, -0.05) is 6.92 Å². The number of nitrogens with one attached hydrogen (secondary N) is 1. The molecule has 1 amide bonds. The molecule has 1 aromatic heterocycles. The first-order valence-electron chi connectivity index (χ1n) is 6.00. The van der Waals surface area contributed by atoms with Crippen LogP contribution in [0, 0.1) is 17.0 Å². The van der Waals surface area contributed by atoms with Crippen molar-refractivity contribution in [2.75, 3.05) is 0 Å². The number of carbonyl (C=O) groups is 1. The van der Waals surface area contributed by atoms with E-state index < -0.39 is 10.5 Å². The third-order valence-corrected chi connectivity index (χ3v) is 2.84. The Morgan fingerprint density at radius 1 is 1.58 bits per heavy atom. The largest absolute Gasteiger partial charge is 0.352 e. The van der Waals surface area contributed by atoms with Crippen LogP contribution in [0.2, 0.25) is 0 Å². The first-order valence-corrected chi connectivity index (χ1v) is 6.00. The van der Waals surface area contributed by atoms with Crippen molar-refractivity contribution in [3.05, 3.63) is 38.3 Å². The van der Waals surface area contributed by atoms with Crippen LogP contribution in [0.3, 0.4) is 0 Å². The molecule has 7 heteroatoms. The summed E-state index contributed by atoms with van der Waals surface area (Å²) in [6.45, 7) is 5.04. The second-order valence-electron chi connectivity index (χ2n) is 4.44. The molecule has 0 fully saturated rings. The predicted molar refractivity (Wildman–Crippen MR) is 70.0 cm³/mol. The minimum Gasteiger partial charge on any atom is -0.352 e. The lowest BCUT2D eigenvalue weighted by atomic mass is 10.2. The number of nitrogens with zero attached hydrogens (tertiary/aromatic N) is 2. The molecular formula is C12H17N3O4. The van der Waals surface area contributed by atoms with Crippen LogP contribution in [0.25, 0.3) is 0 Å². The quantitative estimate of drug-likeness (QED) is 0.635. The molecule has 1 unspecified atom stereocenters. The van der Waals surface area contributed by atoms with Gasteiger partial charge < -0.3 is 5.32 Å². The fourth-order valence-corrected chi connectivity index (χ4v) is 1.55. The van der Waals surface area contributed by atoms with Crippen LogP contribution in [-0.4, -0.2) is 21.4 Å². The summed E-state index contributed by atoms with van der Waals surface area (Å²) in [5.74, 6) is -0.338. The molecule has 104 valence electrons. The zero-order valence-electron chi connectivity index (χ0n) is 11.2. The van der Waals surface area contributed by atoms with Crippen LogP contribution in [0.5, 0.6) is 0 Å². The molecule has 1 rings (SSSR count). The van der Waals surface area contributed by atoms with Crippen molar-refractivity contribution >= 4 is 11.6 Å². The summed E-state index contributed by atoms with van der Waals surface area (Å²) in [6.07, 6.45) is 1.88. The van der Waals surface area contributed by atoms with Crippen molar-refractivity contribution in [1.82, 2.24) is 9.88 Å². The monoisotopic (exact) mass is 267 g/mol. The van der Waals surface area contributed by atoms with Crippen LogP contribution in [-0.2, 0) is 11.3 Å². The maximum Gasteiger partial charge on any atom is 0.288 e. The summed E-state index contributed by atoms with van der Waals surface area (Å²) in [4.78, 5) is 33.5. The van der Waals surface area contributed by atoms with Crippen LogP contribution in [0.15, 0.2) is 17.1 Å². The molecule has 0 aromatic carbocycles. The number of nitro groups is 1. The van der Waals surface area contributed by atoms with Gasteiger partial charge in [-0.3, -0.25) is 24.3 Å². The number of amides is 1. The highest BCUT2D eigenvalue weighted by Crippen LogP contribution is 2.13. The van der Waals surface area contributed by atoms with Crippen molar-refractivity contribution in [2.24, 2.45) is 0 Å². The zero-order valence-corrected chi connectivity index (χ0v) is 11.2. The van der Waals surface area contributed by atoms with E-state index in [9.17, 15) is 19.7 Å². The Bertz CT molecular complexity index is 550. The molecule has 0 saturated carbocycles. The van der Waals surface area contributed by atoms with Gasteiger partial charge in [0.2, 0.25) is 5.91 Å². The van der Waals surface area contributed by atoms with Gasteiger partial charge in [0.1, 0.15) is 6.54 Å². The molecule has 19 heavy (non-hydrogen) atoms. The van der Waals surface area contributed by atoms with Gasteiger partial charge >= 0.3 is 0 Å². The Balaban J connectivity index is 2.95. The average molecular weight is 267 g/mol. The van der Waals surface area contributed by atoms with Crippen molar-refractivity contribution < 1.29 is 9.72 Å². The smallest absolute Gasteiger partial charge is 0.288 e. The van der Waals surface area contributed by atoms with Crippen molar-refractivity contribution in [1.29, 1.82) is 0 Å². The lowest BCUT2D eigenvalue weighted by Gasteiger charge is -2.12. The van der Waals surface area contributed by atoms with Crippen LogP contribution in [0.1, 0.15) is 25.8 Å². The number of hydrogen-bond donors (Lipinski definition) is 1. The van der Waals surface area contributed by atoms with E-state index in [0.29, 0.717) is 0 Å². The van der Waals surface area contributed by atoms with E-state index in [2.05, 4.69) is 5.32 Å². The molecule has 0 radical (unpaired) electrons. The minimum atomic E-state index is -0.572. The fraction of sp³-hybridized carbons (Fsp3) is 0.500. The minimum absolute atomic E-state index is 0.00337. The summed E-state index contributed by atoms with van der Waals surface area (Å²) in [7, 11) is 0. The number of carbonyl (C=O) groups excluding carboxylic acids is 1. The molecule has 0 spiro atoms. The lowest BCUT2D eigenvalue weighted by molar-refractivity contribution is -0.385. The number of rotatable bonds is 5. The Labute approximate surface area is 110 Å². The highest BCUT2D eigenvalue weighted by molar-refractivity contribution is 5.76. The highest BCUT2D eigenvalue weighted by atomic mass is 16.6. The van der Waals surface area contributed by atoms with Gasteiger partial charge in [0.05, 0.1) is 11.1 Å². The number of hydrogen-bond acceptors (Lipinski definition) is 4. The molecule has 0 aliphatic heterocycles. The van der Waals surface area contributed by atoms with Gasteiger partial charge in [-0.2, -0.15) is 0 Å². The Morgan fingerprint density at radius 3 is 2.74 bits per heavy atom. The van der Waals surface area contributed by atoms with Crippen LogP contribution in [0.4, 0.5) is 5.69 Å². The zero-order chi connectivity index (χ0) is 14.6. The van der Waals surface area contributed by atoms with Gasteiger partial charge in [-0.05, 0) is 20.3 Å². The topological polar surface area (TPSA) is 94.2 Å². The number of aryl methyl sites for hydroxylation is 1. The summed E-state index contributed by atoms with van der Waals surface area (Å²) in [6, 6.07) is 1.16. The molecule has 7 nitrogen and oxygen atoms in total. The molecule has 0 bridgehead atoms. The average Bonchev–Trinajstić information content (AvgIpc) is 2.31. The van der Waals surface area contributed by atoms with E-state index in [0.717, 1.165) is 23.3 Å². The van der Waals surface area contributed by atoms with Crippen molar-refractivity contribution in [3.63, 3.8) is 0 Å². The third-order valence-electron chi connectivity index (χ3n) is 2.84. The van der Waals surface area contributed by atoms with Crippen LogP contribution < -0.4 is 10.9 Å². The van der Waals surface area contributed by atoms with E-state index in [1.165, 1.54) is 6.92 Å². The molecule has 0 aliphatic carbocycles. The standard InChI is InChI=1S/C12H17N3O4/c1-4-9(3)13-11(16)7-14-6-10(15(18)19)8(2)5-12(14)17/h5-6,9H,4,7H2,1-3H3,(H,13,16). The summed E-state index contributed by atoms with van der Waals surface area (Å²) in [5, 5.41) is 13.5. The summed E-state index contributed by atoms with van der Waals surface area (Å²) < 4.78 is 1.04. The van der Waals surface area contributed by atoms with Crippen molar-refractivity contribution in [3.8, 4) is 0 Å². The molecular weight excluding hydrogens is 250 g/mol. The lowest BCUT2D eigenvalue weighted by Crippen LogP contribution is -2.37. The highest BCUT2D eigenvalue weighted by Gasteiger charge is 2.15. The van der Waals surface area contributed by atoms with E-state index >= 15 is 0 Å². The van der Waals surface area contributed by atoms with E-state index in [1.54, 1.807) is 0 Å². The van der Waals surface area contributed by atoms with Gasteiger partial charge in [0.25, 0.3) is 11.2 Å². The SMILES string of the molecule is CCC(C)NC(=O)Cn1cc([N+](=O)[O-])c(C)cc1=O. The maximum absolute atomic E-state index is 11.7.